The lowest BCUT2D eigenvalue weighted by Crippen LogP contribution is -2.15. The number of aromatic nitrogens is 4. The number of nitrogens with zero attached hydrogens (tertiary/aromatic N) is 3. The number of nitrogens with one attached hydrogen (secondary N) is 2. The number of H-pyrrole nitrogens is 1. The summed E-state index contributed by atoms with van der Waals surface area (Å²) in [6.07, 6.45) is -0.00280. The number of hydrogen-bond acceptors (Lipinski definition) is 5. The lowest BCUT2D eigenvalue weighted by atomic mass is 10.2. The van der Waals surface area contributed by atoms with Crippen molar-refractivity contribution in [1.82, 2.24) is 20.6 Å². The number of aromatic carboxylic acids is 1. The SMILES string of the molecule is O=C(Cc1nn[nH]n1)Nc1ccc(C(=O)O)cc1. The second-order valence-electron chi connectivity index (χ2n) is 3.44. The van der Waals surface area contributed by atoms with Gasteiger partial charge in [0.05, 0.1) is 12.0 Å². The molecular formula is C10H9N5O3. The average molecular weight is 247 g/mol. The van der Waals surface area contributed by atoms with Crippen LogP contribution in [0.2, 0.25) is 0 Å². The molecule has 8 heteroatoms. The first-order chi connectivity index (χ1) is 8.65. The number of amides is 1. The highest BCUT2D eigenvalue weighted by Gasteiger charge is 2.08. The molecular weight excluding hydrogens is 238 g/mol. The first kappa shape index (κ1) is 11.7. The Bertz CT molecular complexity index is 549. The van der Waals surface area contributed by atoms with Crippen molar-refractivity contribution in [1.29, 1.82) is 0 Å². The van der Waals surface area contributed by atoms with Gasteiger partial charge in [-0.15, -0.1) is 10.2 Å². The van der Waals surface area contributed by atoms with Crippen LogP contribution in [0.4, 0.5) is 5.69 Å². The number of carboxylic acids is 1. The normalized spacial score (nSPS) is 10.0. The summed E-state index contributed by atoms with van der Waals surface area (Å²) in [5.41, 5.74) is 0.666. The van der Waals surface area contributed by atoms with Gasteiger partial charge in [-0.25, -0.2) is 4.79 Å². The minimum absolute atomic E-state index is 0.00280. The summed E-state index contributed by atoms with van der Waals surface area (Å²) in [6.45, 7) is 0. The number of tetrazole rings is 1. The van der Waals surface area contributed by atoms with Crippen molar-refractivity contribution in [3.8, 4) is 0 Å². The largest absolute Gasteiger partial charge is 0.478 e. The van der Waals surface area contributed by atoms with E-state index in [4.69, 9.17) is 5.11 Å². The molecule has 0 bridgehead atoms. The van der Waals surface area contributed by atoms with E-state index in [0.29, 0.717) is 5.69 Å². The highest BCUT2D eigenvalue weighted by molar-refractivity contribution is 5.93. The Hall–Kier alpha value is -2.77. The molecule has 0 atom stereocenters. The van der Waals surface area contributed by atoms with E-state index in [2.05, 4.69) is 25.9 Å². The number of hydrogen-bond donors (Lipinski definition) is 3. The van der Waals surface area contributed by atoms with Crippen LogP contribution < -0.4 is 5.32 Å². The summed E-state index contributed by atoms with van der Waals surface area (Å²) < 4.78 is 0. The maximum absolute atomic E-state index is 11.5. The van der Waals surface area contributed by atoms with Crippen LogP contribution in [0.3, 0.4) is 0 Å². The molecule has 0 fully saturated rings. The zero-order chi connectivity index (χ0) is 13.0. The van der Waals surface area contributed by atoms with Gasteiger partial charge in [0.1, 0.15) is 0 Å². The minimum atomic E-state index is -1.01. The minimum Gasteiger partial charge on any atom is -0.478 e. The summed E-state index contributed by atoms with van der Waals surface area (Å²) in [5.74, 6) is -1.03. The van der Waals surface area contributed by atoms with E-state index in [1.54, 1.807) is 0 Å². The van der Waals surface area contributed by atoms with E-state index in [9.17, 15) is 9.59 Å². The highest BCUT2D eigenvalue weighted by atomic mass is 16.4. The quantitative estimate of drug-likeness (QED) is 0.703. The van der Waals surface area contributed by atoms with E-state index >= 15 is 0 Å². The fourth-order valence-corrected chi connectivity index (χ4v) is 1.30. The van der Waals surface area contributed by atoms with Crippen LogP contribution in [0.5, 0.6) is 0 Å². The maximum Gasteiger partial charge on any atom is 0.335 e. The van der Waals surface area contributed by atoms with Crippen LogP contribution >= 0.6 is 0 Å². The summed E-state index contributed by atoms with van der Waals surface area (Å²) >= 11 is 0. The zero-order valence-corrected chi connectivity index (χ0v) is 9.12. The topological polar surface area (TPSA) is 121 Å². The smallest absolute Gasteiger partial charge is 0.335 e. The van der Waals surface area contributed by atoms with Gasteiger partial charge < -0.3 is 10.4 Å². The van der Waals surface area contributed by atoms with Crippen LogP contribution in [0.25, 0.3) is 0 Å². The number of rotatable bonds is 4. The van der Waals surface area contributed by atoms with Crippen LogP contribution in [-0.4, -0.2) is 37.6 Å². The van der Waals surface area contributed by atoms with Gasteiger partial charge >= 0.3 is 5.97 Å². The fraction of sp³-hybridized carbons (Fsp3) is 0.100. The van der Waals surface area contributed by atoms with Gasteiger partial charge in [-0.1, -0.05) is 5.21 Å². The first-order valence-electron chi connectivity index (χ1n) is 5.00. The molecule has 0 saturated carbocycles. The molecule has 1 aromatic heterocycles. The van der Waals surface area contributed by atoms with Crippen molar-refractivity contribution in [3.05, 3.63) is 35.7 Å². The molecule has 2 aromatic rings. The molecule has 18 heavy (non-hydrogen) atoms. The van der Waals surface area contributed by atoms with Crippen LogP contribution in [-0.2, 0) is 11.2 Å². The Morgan fingerprint density at radius 2 is 2.00 bits per heavy atom. The molecule has 3 N–H and O–H groups in total. The Labute approximate surface area is 101 Å². The van der Waals surface area contributed by atoms with Gasteiger partial charge in [0.25, 0.3) is 0 Å². The molecule has 0 aliphatic carbocycles. The third-order valence-corrected chi connectivity index (χ3v) is 2.12. The van der Waals surface area contributed by atoms with Crippen molar-refractivity contribution in [3.63, 3.8) is 0 Å². The third-order valence-electron chi connectivity index (χ3n) is 2.12. The van der Waals surface area contributed by atoms with Crippen molar-refractivity contribution in [2.45, 2.75) is 6.42 Å². The standard InChI is InChI=1S/C10H9N5O3/c16-9(5-8-12-14-15-13-8)11-7-3-1-6(2-4-7)10(17)18/h1-4H,5H2,(H,11,16)(H,17,18)(H,12,13,14,15). The van der Waals surface area contributed by atoms with Crippen LogP contribution in [0.15, 0.2) is 24.3 Å². The number of carbonyl (C=O) groups excluding carboxylic acids is 1. The van der Waals surface area contributed by atoms with Gasteiger partial charge in [0.2, 0.25) is 5.91 Å². The molecule has 0 aliphatic heterocycles. The average Bonchev–Trinajstić information content (AvgIpc) is 2.82. The summed E-state index contributed by atoms with van der Waals surface area (Å²) in [7, 11) is 0. The monoisotopic (exact) mass is 247 g/mol. The van der Waals surface area contributed by atoms with E-state index in [-0.39, 0.29) is 23.7 Å². The van der Waals surface area contributed by atoms with Gasteiger partial charge in [-0.2, -0.15) is 5.21 Å². The molecule has 0 radical (unpaired) electrons. The number of benzene rings is 1. The Morgan fingerprint density at radius 1 is 1.28 bits per heavy atom. The van der Waals surface area contributed by atoms with Gasteiger partial charge in [0, 0.05) is 5.69 Å². The molecule has 0 saturated heterocycles. The lowest BCUT2D eigenvalue weighted by molar-refractivity contribution is -0.115. The molecule has 1 amide bonds. The Morgan fingerprint density at radius 3 is 2.56 bits per heavy atom. The van der Waals surface area contributed by atoms with E-state index in [1.807, 2.05) is 0 Å². The third kappa shape index (κ3) is 2.88. The Kier molecular flexibility index (Phi) is 3.28. The molecule has 0 unspecified atom stereocenters. The molecule has 1 aromatic carbocycles. The highest BCUT2D eigenvalue weighted by Crippen LogP contribution is 2.09. The van der Waals surface area contributed by atoms with Crippen molar-refractivity contribution >= 4 is 17.6 Å². The fourth-order valence-electron chi connectivity index (χ4n) is 1.30. The number of carbonyl (C=O) groups is 2. The van der Waals surface area contributed by atoms with E-state index < -0.39 is 5.97 Å². The predicted molar refractivity (Wildman–Crippen MR) is 59.9 cm³/mol. The molecule has 92 valence electrons. The molecule has 1 heterocycles. The molecule has 2 rings (SSSR count). The molecule has 8 nitrogen and oxygen atoms in total. The van der Waals surface area contributed by atoms with Crippen LogP contribution in [0, 0.1) is 0 Å². The second kappa shape index (κ2) is 5.04. The number of carboxylic acid groups (broad SMARTS) is 1. The molecule has 0 aliphatic rings. The van der Waals surface area contributed by atoms with Crippen molar-refractivity contribution in [2.75, 3.05) is 5.32 Å². The van der Waals surface area contributed by atoms with Crippen LogP contribution in [0.1, 0.15) is 16.2 Å². The van der Waals surface area contributed by atoms with Crippen molar-refractivity contribution < 1.29 is 14.7 Å². The summed E-state index contributed by atoms with van der Waals surface area (Å²) in [6, 6.07) is 5.84. The summed E-state index contributed by atoms with van der Waals surface area (Å²) in [4.78, 5) is 22.2. The first-order valence-corrected chi connectivity index (χ1v) is 5.00. The second-order valence-corrected chi connectivity index (χ2v) is 3.44. The van der Waals surface area contributed by atoms with Gasteiger partial charge in [-0.3, -0.25) is 4.79 Å². The van der Waals surface area contributed by atoms with Crippen molar-refractivity contribution in [2.24, 2.45) is 0 Å². The lowest BCUT2D eigenvalue weighted by Gasteiger charge is -2.03. The Balaban J connectivity index is 1.97. The summed E-state index contributed by atoms with van der Waals surface area (Å²) in [5, 5.41) is 24.2. The van der Waals surface area contributed by atoms with Gasteiger partial charge in [-0.05, 0) is 24.3 Å². The number of anilines is 1. The number of aromatic amines is 1. The zero-order valence-electron chi connectivity index (χ0n) is 9.12. The van der Waals surface area contributed by atoms with Gasteiger partial charge in [0.15, 0.2) is 5.82 Å². The van der Waals surface area contributed by atoms with E-state index in [1.165, 1.54) is 24.3 Å². The molecule has 0 spiro atoms. The maximum atomic E-state index is 11.5. The predicted octanol–water partition coefficient (Wildman–Crippen LogP) is 0.0791. The van der Waals surface area contributed by atoms with E-state index in [0.717, 1.165) is 0 Å².